The summed E-state index contributed by atoms with van der Waals surface area (Å²) < 4.78 is 16.0. The third kappa shape index (κ3) is 3.62. The molecule has 0 fully saturated rings. The average molecular weight is 368 g/mol. The molecule has 3 rings (SSSR count). The predicted molar refractivity (Wildman–Crippen MR) is 102 cm³/mol. The number of amides is 1. The molecule has 7 nitrogen and oxygen atoms in total. The van der Waals surface area contributed by atoms with E-state index in [1.807, 2.05) is 6.92 Å². The van der Waals surface area contributed by atoms with Gasteiger partial charge in [0.15, 0.2) is 0 Å². The second kappa shape index (κ2) is 7.90. The van der Waals surface area contributed by atoms with Crippen LogP contribution in [0.4, 0.5) is 5.69 Å². The Morgan fingerprint density at radius 3 is 2.74 bits per heavy atom. The molecule has 1 amide bonds. The maximum Gasteiger partial charge on any atom is 0.349 e. The van der Waals surface area contributed by atoms with Crippen LogP contribution in [0.15, 0.2) is 45.7 Å². The van der Waals surface area contributed by atoms with Crippen molar-refractivity contribution in [3.63, 3.8) is 0 Å². The number of fused-ring (bicyclic) bond motifs is 1. The van der Waals surface area contributed by atoms with Gasteiger partial charge < -0.3 is 19.2 Å². The van der Waals surface area contributed by atoms with Gasteiger partial charge in [0.2, 0.25) is 5.88 Å². The number of pyridine rings is 1. The van der Waals surface area contributed by atoms with E-state index < -0.39 is 11.5 Å². The number of hydrogen-bond acceptors (Lipinski definition) is 6. The largest absolute Gasteiger partial charge is 0.496 e. The number of methoxy groups -OCH3 is 2. The van der Waals surface area contributed by atoms with Crippen molar-refractivity contribution in [1.29, 1.82) is 0 Å². The number of hydrogen-bond donors (Lipinski definition) is 1. The van der Waals surface area contributed by atoms with Gasteiger partial charge in [-0.3, -0.25) is 4.79 Å². The van der Waals surface area contributed by atoms with Crippen molar-refractivity contribution < 1.29 is 18.7 Å². The zero-order valence-electron chi connectivity index (χ0n) is 15.4. The van der Waals surface area contributed by atoms with Gasteiger partial charge in [-0.1, -0.05) is 13.3 Å². The summed E-state index contributed by atoms with van der Waals surface area (Å²) in [5.41, 5.74) is 0.813. The van der Waals surface area contributed by atoms with E-state index in [1.165, 1.54) is 13.2 Å². The van der Waals surface area contributed by atoms with Crippen LogP contribution in [0, 0.1) is 0 Å². The second-order valence-electron chi connectivity index (χ2n) is 5.88. The monoisotopic (exact) mass is 368 g/mol. The summed E-state index contributed by atoms with van der Waals surface area (Å²) in [6, 6.07) is 8.38. The molecule has 0 unspecified atom stereocenters. The molecule has 0 aliphatic rings. The van der Waals surface area contributed by atoms with Crippen LogP contribution < -0.4 is 20.4 Å². The van der Waals surface area contributed by atoms with Crippen LogP contribution >= 0.6 is 0 Å². The van der Waals surface area contributed by atoms with Crippen molar-refractivity contribution >= 4 is 22.6 Å². The van der Waals surface area contributed by atoms with Gasteiger partial charge in [0.25, 0.3) is 5.91 Å². The van der Waals surface area contributed by atoms with E-state index in [1.54, 1.807) is 37.6 Å². The Morgan fingerprint density at radius 1 is 1.22 bits per heavy atom. The molecule has 0 aliphatic carbocycles. The molecule has 7 heteroatoms. The lowest BCUT2D eigenvalue weighted by Crippen LogP contribution is -2.21. The molecule has 2 aromatic heterocycles. The molecule has 0 atom stereocenters. The highest BCUT2D eigenvalue weighted by Gasteiger charge is 2.18. The highest BCUT2D eigenvalue weighted by Crippen LogP contribution is 2.29. The van der Waals surface area contributed by atoms with Gasteiger partial charge in [0.05, 0.1) is 14.2 Å². The molecule has 1 aromatic carbocycles. The van der Waals surface area contributed by atoms with Crippen LogP contribution in [0.25, 0.3) is 11.0 Å². The van der Waals surface area contributed by atoms with Gasteiger partial charge in [0.1, 0.15) is 22.6 Å². The van der Waals surface area contributed by atoms with Gasteiger partial charge in [0, 0.05) is 17.1 Å². The number of nitrogens with zero attached hydrogens (tertiary/aromatic N) is 1. The fourth-order valence-electron chi connectivity index (χ4n) is 2.90. The first kappa shape index (κ1) is 18.4. The van der Waals surface area contributed by atoms with Crippen molar-refractivity contribution in [3.8, 4) is 11.6 Å². The minimum atomic E-state index is -0.714. The Kier molecular flexibility index (Phi) is 5.40. The standard InChI is InChI=1S/C20H20N2O5/c1-4-6-13-16(25-2)9-8-12-11-14(20(24)27-17(12)13)18(23)22-15-7-5-10-21-19(15)26-3/h5,7-11H,4,6H2,1-3H3,(H,22,23). The molecule has 3 aromatic rings. The van der Waals surface area contributed by atoms with Crippen LogP contribution in [0.3, 0.4) is 0 Å². The summed E-state index contributed by atoms with van der Waals surface area (Å²) in [5.74, 6) is 0.320. The average Bonchev–Trinajstić information content (AvgIpc) is 2.68. The van der Waals surface area contributed by atoms with E-state index in [4.69, 9.17) is 13.9 Å². The molecular formula is C20H20N2O5. The van der Waals surface area contributed by atoms with E-state index in [0.29, 0.717) is 28.8 Å². The second-order valence-corrected chi connectivity index (χ2v) is 5.88. The maximum absolute atomic E-state index is 12.6. The summed E-state index contributed by atoms with van der Waals surface area (Å²) in [6.45, 7) is 2.03. The van der Waals surface area contributed by atoms with E-state index in [9.17, 15) is 9.59 Å². The number of aromatic nitrogens is 1. The lowest BCUT2D eigenvalue weighted by atomic mass is 10.0. The van der Waals surface area contributed by atoms with E-state index in [2.05, 4.69) is 10.3 Å². The Bertz CT molecular complexity index is 1040. The van der Waals surface area contributed by atoms with Crippen LogP contribution in [0.1, 0.15) is 29.3 Å². The van der Waals surface area contributed by atoms with Gasteiger partial charge in [-0.05, 0) is 36.8 Å². The van der Waals surface area contributed by atoms with Crippen LogP contribution in [-0.2, 0) is 6.42 Å². The summed E-state index contributed by atoms with van der Waals surface area (Å²) in [5, 5.41) is 3.29. The van der Waals surface area contributed by atoms with Crippen molar-refractivity contribution in [1.82, 2.24) is 4.98 Å². The summed E-state index contributed by atoms with van der Waals surface area (Å²) in [6.07, 6.45) is 3.10. The molecule has 0 spiro atoms. The predicted octanol–water partition coefficient (Wildman–Crippen LogP) is 3.41. The van der Waals surface area contributed by atoms with E-state index in [-0.39, 0.29) is 11.4 Å². The Hall–Kier alpha value is -3.35. The van der Waals surface area contributed by atoms with Crippen molar-refractivity contribution in [2.45, 2.75) is 19.8 Å². The smallest absolute Gasteiger partial charge is 0.349 e. The number of benzene rings is 1. The first-order chi connectivity index (χ1) is 13.1. The Labute approximate surface area is 155 Å². The number of carbonyl (C=O) groups excluding carboxylic acids is 1. The van der Waals surface area contributed by atoms with Crippen LogP contribution in [0.2, 0.25) is 0 Å². The molecule has 0 aliphatic heterocycles. The van der Waals surface area contributed by atoms with Crippen LogP contribution in [-0.4, -0.2) is 25.1 Å². The van der Waals surface area contributed by atoms with Crippen molar-refractivity contribution in [3.05, 3.63) is 58.1 Å². The van der Waals surface area contributed by atoms with Gasteiger partial charge in [-0.2, -0.15) is 0 Å². The highest BCUT2D eigenvalue weighted by atomic mass is 16.5. The minimum Gasteiger partial charge on any atom is -0.496 e. The third-order valence-electron chi connectivity index (χ3n) is 4.14. The molecule has 2 heterocycles. The third-order valence-corrected chi connectivity index (χ3v) is 4.14. The lowest BCUT2D eigenvalue weighted by molar-refractivity contribution is 0.102. The first-order valence-corrected chi connectivity index (χ1v) is 8.53. The maximum atomic E-state index is 12.6. The highest BCUT2D eigenvalue weighted by molar-refractivity contribution is 6.06. The molecule has 140 valence electrons. The molecule has 1 N–H and O–H groups in total. The zero-order chi connectivity index (χ0) is 19.4. The van der Waals surface area contributed by atoms with Crippen LogP contribution in [0.5, 0.6) is 11.6 Å². The van der Waals surface area contributed by atoms with E-state index in [0.717, 1.165) is 12.0 Å². The fourth-order valence-corrected chi connectivity index (χ4v) is 2.90. The van der Waals surface area contributed by atoms with Crippen molar-refractivity contribution in [2.75, 3.05) is 19.5 Å². The molecule has 0 radical (unpaired) electrons. The summed E-state index contributed by atoms with van der Waals surface area (Å²) in [4.78, 5) is 29.1. The Morgan fingerprint density at radius 2 is 2.04 bits per heavy atom. The zero-order valence-corrected chi connectivity index (χ0v) is 15.4. The molecular weight excluding hydrogens is 348 g/mol. The van der Waals surface area contributed by atoms with Gasteiger partial charge in [-0.25, -0.2) is 9.78 Å². The molecule has 0 saturated carbocycles. The number of anilines is 1. The number of nitrogens with one attached hydrogen (secondary N) is 1. The number of ether oxygens (including phenoxy) is 2. The minimum absolute atomic E-state index is 0.0963. The first-order valence-electron chi connectivity index (χ1n) is 8.53. The SMILES string of the molecule is CCCc1c(OC)ccc2cc(C(=O)Nc3cccnc3OC)c(=O)oc12. The number of aryl methyl sites for hydroxylation is 1. The molecule has 0 bridgehead atoms. The topological polar surface area (TPSA) is 90.7 Å². The summed E-state index contributed by atoms with van der Waals surface area (Å²) >= 11 is 0. The number of rotatable bonds is 6. The summed E-state index contributed by atoms with van der Waals surface area (Å²) in [7, 11) is 3.02. The molecule has 27 heavy (non-hydrogen) atoms. The van der Waals surface area contributed by atoms with Gasteiger partial charge >= 0.3 is 5.63 Å². The fraction of sp³-hybridized carbons (Fsp3) is 0.250. The quantitative estimate of drug-likeness (QED) is 0.671. The van der Waals surface area contributed by atoms with Gasteiger partial charge in [-0.15, -0.1) is 0 Å². The normalized spacial score (nSPS) is 10.6. The van der Waals surface area contributed by atoms with Crippen molar-refractivity contribution in [2.24, 2.45) is 0 Å². The number of carbonyl (C=O) groups is 1. The van der Waals surface area contributed by atoms with E-state index >= 15 is 0 Å². The Balaban J connectivity index is 2.04. The molecule has 0 saturated heterocycles. The lowest BCUT2D eigenvalue weighted by Gasteiger charge is -2.11.